The van der Waals surface area contributed by atoms with Crippen molar-refractivity contribution in [3.05, 3.63) is 83.9 Å². The van der Waals surface area contributed by atoms with E-state index in [1.54, 1.807) is 54.6 Å². The van der Waals surface area contributed by atoms with Gasteiger partial charge in [-0.3, -0.25) is 10.2 Å². The number of benzene rings is 2. The summed E-state index contributed by atoms with van der Waals surface area (Å²) in [5.74, 6) is -0.502. The van der Waals surface area contributed by atoms with Gasteiger partial charge in [-0.25, -0.2) is 4.68 Å². The number of aromatic nitrogens is 3. The lowest BCUT2D eigenvalue weighted by Gasteiger charge is -2.15. The van der Waals surface area contributed by atoms with E-state index in [0.29, 0.717) is 11.1 Å². The molecule has 2 atom stereocenters. The van der Waals surface area contributed by atoms with Crippen molar-refractivity contribution in [3.8, 4) is 0 Å². The van der Waals surface area contributed by atoms with Gasteiger partial charge in [-0.2, -0.15) is 0 Å². The molecule has 0 saturated heterocycles. The van der Waals surface area contributed by atoms with E-state index in [1.165, 1.54) is 11.0 Å². The molecule has 2 unspecified atom stereocenters. The van der Waals surface area contributed by atoms with Crippen molar-refractivity contribution in [2.45, 2.75) is 12.2 Å². The van der Waals surface area contributed by atoms with Crippen molar-refractivity contribution in [3.63, 3.8) is 0 Å². The Balaban J connectivity index is 1.77. The van der Waals surface area contributed by atoms with Gasteiger partial charge in [-0.05, 0) is 11.1 Å². The SMILES string of the molecule is O=C(Nn1cnnc1C(O)c1ccccc1)C(O)c1ccccc1. The third-order valence-electron chi connectivity index (χ3n) is 3.53. The van der Waals surface area contributed by atoms with Gasteiger partial charge in [0, 0.05) is 0 Å². The second kappa shape index (κ2) is 7.03. The molecule has 1 heterocycles. The van der Waals surface area contributed by atoms with Crippen LogP contribution in [0.25, 0.3) is 0 Å². The summed E-state index contributed by atoms with van der Waals surface area (Å²) in [7, 11) is 0. The lowest BCUT2D eigenvalue weighted by Crippen LogP contribution is -2.30. The molecule has 0 aliphatic carbocycles. The topological polar surface area (TPSA) is 100 Å². The summed E-state index contributed by atoms with van der Waals surface area (Å²) in [6, 6.07) is 17.4. The Morgan fingerprint density at radius 2 is 1.54 bits per heavy atom. The van der Waals surface area contributed by atoms with Crippen LogP contribution < -0.4 is 5.43 Å². The van der Waals surface area contributed by atoms with Gasteiger partial charge in [0.1, 0.15) is 12.4 Å². The van der Waals surface area contributed by atoms with E-state index in [2.05, 4.69) is 15.6 Å². The number of aliphatic hydroxyl groups is 2. The van der Waals surface area contributed by atoms with Crippen molar-refractivity contribution >= 4 is 5.91 Å². The smallest absolute Gasteiger partial charge is 0.272 e. The lowest BCUT2D eigenvalue weighted by molar-refractivity contribution is -0.125. The molecule has 7 nitrogen and oxygen atoms in total. The zero-order valence-electron chi connectivity index (χ0n) is 12.6. The summed E-state index contributed by atoms with van der Waals surface area (Å²) < 4.78 is 1.20. The highest BCUT2D eigenvalue weighted by Crippen LogP contribution is 2.19. The van der Waals surface area contributed by atoms with Crippen molar-refractivity contribution < 1.29 is 15.0 Å². The average Bonchev–Trinajstić information content (AvgIpc) is 3.10. The molecule has 2 aromatic carbocycles. The van der Waals surface area contributed by atoms with Crippen LogP contribution in [0.5, 0.6) is 0 Å². The van der Waals surface area contributed by atoms with Crippen LogP contribution in [0.15, 0.2) is 67.0 Å². The molecule has 0 radical (unpaired) electrons. The zero-order chi connectivity index (χ0) is 16.9. The van der Waals surface area contributed by atoms with Gasteiger partial charge in [0.2, 0.25) is 0 Å². The Morgan fingerprint density at radius 3 is 2.17 bits per heavy atom. The number of rotatable bonds is 5. The molecule has 3 rings (SSSR count). The standard InChI is InChI=1S/C17H16N4O3/c22-14(12-7-3-1-4-8-12)16-19-18-11-21(16)20-17(24)15(23)13-9-5-2-6-10-13/h1-11,14-15,22-23H,(H,20,24). The number of nitrogens with one attached hydrogen (secondary N) is 1. The van der Waals surface area contributed by atoms with E-state index in [9.17, 15) is 15.0 Å². The monoisotopic (exact) mass is 324 g/mol. The maximum Gasteiger partial charge on any atom is 0.272 e. The first kappa shape index (κ1) is 15.9. The number of hydrogen-bond acceptors (Lipinski definition) is 5. The summed E-state index contributed by atoms with van der Waals surface area (Å²) in [5.41, 5.74) is 3.56. The summed E-state index contributed by atoms with van der Waals surface area (Å²) >= 11 is 0. The minimum Gasteiger partial charge on any atom is -0.380 e. The first-order valence-electron chi connectivity index (χ1n) is 7.33. The normalized spacial score (nSPS) is 13.2. The van der Waals surface area contributed by atoms with E-state index in [0.717, 1.165) is 0 Å². The molecule has 1 amide bonds. The van der Waals surface area contributed by atoms with Gasteiger partial charge in [0.05, 0.1) is 0 Å². The predicted molar refractivity (Wildman–Crippen MR) is 86.3 cm³/mol. The van der Waals surface area contributed by atoms with E-state index < -0.39 is 18.1 Å². The van der Waals surface area contributed by atoms with Crippen molar-refractivity contribution in [1.82, 2.24) is 14.9 Å². The van der Waals surface area contributed by atoms with Crippen LogP contribution >= 0.6 is 0 Å². The van der Waals surface area contributed by atoms with Gasteiger partial charge >= 0.3 is 0 Å². The van der Waals surface area contributed by atoms with Crippen molar-refractivity contribution in [2.75, 3.05) is 5.43 Å². The molecule has 0 aliphatic rings. The molecule has 122 valence electrons. The molecule has 7 heteroatoms. The van der Waals surface area contributed by atoms with Crippen molar-refractivity contribution in [2.24, 2.45) is 0 Å². The lowest BCUT2D eigenvalue weighted by atomic mass is 10.1. The summed E-state index contributed by atoms with van der Waals surface area (Å²) in [5, 5.41) is 28.1. The second-order valence-electron chi connectivity index (χ2n) is 5.16. The highest BCUT2D eigenvalue weighted by atomic mass is 16.3. The maximum atomic E-state index is 12.2. The number of carbonyl (C=O) groups is 1. The van der Waals surface area contributed by atoms with Gasteiger partial charge < -0.3 is 10.2 Å². The highest BCUT2D eigenvalue weighted by molar-refractivity contribution is 5.88. The van der Waals surface area contributed by atoms with Crippen LogP contribution in [-0.2, 0) is 4.79 Å². The average molecular weight is 324 g/mol. The second-order valence-corrected chi connectivity index (χ2v) is 5.16. The van der Waals surface area contributed by atoms with Gasteiger partial charge in [0.25, 0.3) is 5.91 Å². The summed E-state index contributed by atoms with van der Waals surface area (Å²) in [6.45, 7) is 0. The number of aliphatic hydroxyl groups excluding tert-OH is 2. The third kappa shape index (κ3) is 3.32. The largest absolute Gasteiger partial charge is 0.380 e. The summed E-state index contributed by atoms with van der Waals surface area (Å²) in [4.78, 5) is 12.2. The van der Waals surface area contributed by atoms with Crippen LogP contribution in [0.3, 0.4) is 0 Å². The Bertz CT molecular complexity index is 805. The number of nitrogens with zero attached hydrogens (tertiary/aromatic N) is 3. The molecule has 0 spiro atoms. The maximum absolute atomic E-state index is 12.2. The molecule has 0 bridgehead atoms. The molecule has 3 N–H and O–H groups in total. The van der Waals surface area contributed by atoms with Gasteiger partial charge in [0.15, 0.2) is 11.9 Å². The number of amides is 1. The Morgan fingerprint density at radius 1 is 0.958 bits per heavy atom. The highest BCUT2D eigenvalue weighted by Gasteiger charge is 2.22. The molecule has 0 fully saturated rings. The van der Waals surface area contributed by atoms with Gasteiger partial charge in [-0.1, -0.05) is 60.7 Å². The van der Waals surface area contributed by atoms with Crippen LogP contribution in [0.4, 0.5) is 0 Å². The van der Waals surface area contributed by atoms with Crippen molar-refractivity contribution in [1.29, 1.82) is 0 Å². The predicted octanol–water partition coefficient (Wildman–Crippen LogP) is 1.16. The van der Waals surface area contributed by atoms with Crippen LogP contribution in [-0.4, -0.2) is 31.0 Å². The Labute approximate surface area is 138 Å². The number of carbonyl (C=O) groups excluding carboxylic acids is 1. The first-order chi connectivity index (χ1) is 11.7. The third-order valence-corrected chi connectivity index (χ3v) is 3.53. The van der Waals surface area contributed by atoms with E-state index in [4.69, 9.17) is 0 Å². The fraction of sp³-hybridized carbons (Fsp3) is 0.118. The molecule has 0 aliphatic heterocycles. The van der Waals surface area contributed by atoms with E-state index in [1.807, 2.05) is 6.07 Å². The minimum absolute atomic E-state index is 0.148. The van der Waals surface area contributed by atoms with Crippen LogP contribution in [0, 0.1) is 0 Å². The molecule has 3 aromatic rings. The van der Waals surface area contributed by atoms with Gasteiger partial charge in [-0.15, -0.1) is 10.2 Å². The number of hydrogen-bond donors (Lipinski definition) is 3. The molecule has 0 saturated carbocycles. The Hall–Kier alpha value is -3.03. The quantitative estimate of drug-likeness (QED) is 0.654. The van der Waals surface area contributed by atoms with Crippen LogP contribution in [0.1, 0.15) is 29.2 Å². The van der Waals surface area contributed by atoms with E-state index >= 15 is 0 Å². The fourth-order valence-electron chi connectivity index (χ4n) is 2.27. The fourth-order valence-corrected chi connectivity index (χ4v) is 2.27. The van der Waals surface area contributed by atoms with Crippen LogP contribution in [0.2, 0.25) is 0 Å². The zero-order valence-corrected chi connectivity index (χ0v) is 12.6. The molecular weight excluding hydrogens is 308 g/mol. The summed E-state index contributed by atoms with van der Waals surface area (Å²) in [6.07, 6.45) is -1.13. The first-order valence-corrected chi connectivity index (χ1v) is 7.33. The van der Waals surface area contributed by atoms with E-state index in [-0.39, 0.29) is 5.82 Å². The molecule has 1 aromatic heterocycles. The Kier molecular flexibility index (Phi) is 4.64. The molecule has 24 heavy (non-hydrogen) atoms. The minimum atomic E-state index is -1.34. The molecular formula is C17H16N4O3.